The standard InChI is InChI=1S/C20H22FNO4S/c1-15-6-8-16(9-7-15)27(24,25)13-10-20(23)22-11-12-26-19(14-22)17-4-2-3-5-18(17)21/h2-9,19H,10-14H2,1H3. The molecule has 1 aliphatic heterocycles. The molecule has 0 saturated carbocycles. The van der Waals surface area contributed by atoms with Gasteiger partial charge in [0.15, 0.2) is 9.84 Å². The molecule has 144 valence electrons. The first kappa shape index (κ1) is 19.5. The van der Waals surface area contributed by atoms with E-state index in [0.29, 0.717) is 12.1 Å². The molecule has 1 heterocycles. The SMILES string of the molecule is Cc1ccc(S(=O)(=O)CCC(=O)N2CCOC(c3ccccc3F)C2)cc1. The maximum atomic E-state index is 14.0. The van der Waals surface area contributed by atoms with E-state index in [1.807, 2.05) is 6.92 Å². The Labute approximate surface area is 158 Å². The maximum absolute atomic E-state index is 14.0. The Hall–Kier alpha value is -2.25. The zero-order valence-corrected chi connectivity index (χ0v) is 15.9. The van der Waals surface area contributed by atoms with Gasteiger partial charge in [0, 0.05) is 18.5 Å². The van der Waals surface area contributed by atoms with Crippen LogP contribution in [0, 0.1) is 12.7 Å². The predicted molar refractivity (Wildman–Crippen MR) is 99.5 cm³/mol. The molecule has 1 unspecified atom stereocenters. The Kier molecular flexibility index (Phi) is 5.92. The molecule has 0 radical (unpaired) electrons. The van der Waals surface area contributed by atoms with Crippen molar-refractivity contribution in [3.05, 3.63) is 65.5 Å². The maximum Gasteiger partial charge on any atom is 0.223 e. The number of ether oxygens (including phenoxy) is 1. The lowest BCUT2D eigenvalue weighted by atomic mass is 10.1. The van der Waals surface area contributed by atoms with Gasteiger partial charge in [-0.15, -0.1) is 0 Å². The highest BCUT2D eigenvalue weighted by molar-refractivity contribution is 7.91. The number of amides is 1. The summed E-state index contributed by atoms with van der Waals surface area (Å²) in [6.07, 6.45) is -0.655. The molecule has 2 aromatic carbocycles. The van der Waals surface area contributed by atoms with Gasteiger partial charge in [0.1, 0.15) is 11.9 Å². The van der Waals surface area contributed by atoms with Gasteiger partial charge < -0.3 is 9.64 Å². The minimum absolute atomic E-state index is 0.111. The predicted octanol–water partition coefficient (Wildman–Crippen LogP) is 2.90. The average molecular weight is 391 g/mol. The van der Waals surface area contributed by atoms with Crippen LogP contribution in [0.15, 0.2) is 53.4 Å². The molecule has 7 heteroatoms. The number of hydrogen-bond donors (Lipinski definition) is 0. The normalized spacial score (nSPS) is 17.7. The van der Waals surface area contributed by atoms with Crippen LogP contribution in [-0.2, 0) is 19.4 Å². The van der Waals surface area contributed by atoms with Crippen LogP contribution in [0.25, 0.3) is 0 Å². The molecule has 0 aromatic heterocycles. The number of morpholine rings is 1. The number of nitrogens with zero attached hydrogens (tertiary/aromatic N) is 1. The van der Waals surface area contributed by atoms with Crippen LogP contribution in [0.2, 0.25) is 0 Å². The molecular weight excluding hydrogens is 369 g/mol. The molecule has 1 aliphatic rings. The van der Waals surface area contributed by atoms with Crippen LogP contribution < -0.4 is 0 Å². The number of benzene rings is 2. The number of carbonyl (C=O) groups excluding carboxylic acids is 1. The first-order valence-electron chi connectivity index (χ1n) is 8.80. The molecule has 1 fully saturated rings. The van der Waals surface area contributed by atoms with Gasteiger partial charge in [-0.1, -0.05) is 35.9 Å². The van der Waals surface area contributed by atoms with Crippen molar-refractivity contribution in [3.8, 4) is 0 Å². The van der Waals surface area contributed by atoms with E-state index in [1.165, 1.54) is 6.07 Å². The van der Waals surface area contributed by atoms with E-state index in [-0.39, 0.29) is 41.9 Å². The van der Waals surface area contributed by atoms with Crippen molar-refractivity contribution in [2.45, 2.75) is 24.3 Å². The summed E-state index contributed by atoms with van der Waals surface area (Å²) in [7, 11) is -3.52. The van der Waals surface area contributed by atoms with E-state index in [2.05, 4.69) is 0 Å². The molecule has 1 atom stereocenters. The largest absolute Gasteiger partial charge is 0.370 e. The fourth-order valence-corrected chi connectivity index (χ4v) is 4.27. The zero-order chi connectivity index (χ0) is 19.4. The fraction of sp³-hybridized carbons (Fsp3) is 0.350. The second-order valence-corrected chi connectivity index (χ2v) is 8.71. The highest BCUT2D eigenvalue weighted by Gasteiger charge is 2.28. The minimum Gasteiger partial charge on any atom is -0.370 e. The fourth-order valence-electron chi connectivity index (χ4n) is 3.04. The van der Waals surface area contributed by atoms with Crippen LogP contribution in [0.3, 0.4) is 0 Å². The van der Waals surface area contributed by atoms with Gasteiger partial charge in [-0.3, -0.25) is 4.79 Å². The number of aryl methyl sites for hydroxylation is 1. The quantitative estimate of drug-likeness (QED) is 0.786. The number of halogens is 1. The first-order chi connectivity index (χ1) is 12.9. The lowest BCUT2D eigenvalue weighted by Gasteiger charge is -2.33. The van der Waals surface area contributed by atoms with Crippen LogP contribution >= 0.6 is 0 Å². The van der Waals surface area contributed by atoms with Crippen LogP contribution in [0.1, 0.15) is 23.7 Å². The Morgan fingerprint density at radius 1 is 1.19 bits per heavy atom. The molecule has 27 heavy (non-hydrogen) atoms. The van der Waals surface area contributed by atoms with Crippen molar-refractivity contribution >= 4 is 15.7 Å². The third-order valence-electron chi connectivity index (χ3n) is 4.64. The van der Waals surface area contributed by atoms with Crippen molar-refractivity contribution in [1.82, 2.24) is 4.90 Å². The van der Waals surface area contributed by atoms with E-state index in [4.69, 9.17) is 4.74 Å². The second-order valence-electron chi connectivity index (χ2n) is 6.60. The number of rotatable bonds is 5. The molecule has 0 spiro atoms. The third-order valence-corrected chi connectivity index (χ3v) is 6.37. The van der Waals surface area contributed by atoms with Crippen molar-refractivity contribution in [1.29, 1.82) is 0 Å². The number of carbonyl (C=O) groups is 1. The molecule has 0 bridgehead atoms. The third kappa shape index (κ3) is 4.73. The molecule has 0 aliphatic carbocycles. The van der Waals surface area contributed by atoms with Crippen molar-refractivity contribution in [2.24, 2.45) is 0 Å². The molecule has 5 nitrogen and oxygen atoms in total. The molecule has 1 saturated heterocycles. The van der Waals surface area contributed by atoms with Crippen LogP contribution in [0.4, 0.5) is 4.39 Å². The van der Waals surface area contributed by atoms with E-state index < -0.39 is 15.9 Å². The van der Waals surface area contributed by atoms with Crippen molar-refractivity contribution in [2.75, 3.05) is 25.4 Å². The molecular formula is C20H22FNO4S. The van der Waals surface area contributed by atoms with Crippen molar-refractivity contribution < 1.29 is 22.3 Å². The Morgan fingerprint density at radius 3 is 2.59 bits per heavy atom. The lowest BCUT2D eigenvalue weighted by Crippen LogP contribution is -2.42. The average Bonchev–Trinajstić information content (AvgIpc) is 2.67. The minimum atomic E-state index is -3.52. The van der Waals surface area contributed by atoms with Gasteiger partial charge in [0.05, 0.1) is 23.8 Å². The van der Waals surface area contributed by atoms with Gasteiger partial charge in [-0.2, -0.15) is 0 Å². The van der Waals surface area contributed by atoms with Gasteiger partial charge in [-0.25, -0.2) is 12.8 Å². The highest BCUT2D eigenvalue weighted by atomic mass is 32.2. The topological polar surface area (TPSA) is 63.7 Å². The van der Waals surface area contributed by atoms with Crippen LogP contribution in [0.5, 0.6) is 0 Å². The van der Waals surface area contributed by atoms with Crippen LogP contribution in [-0.4, -0.2) is 44.7 Å². The Morgan fingerprint density at radius 2 is 1.89 bits per heavy atom. The Bertz CT molecular complexity index is 912. The summed E-state index contributed by atoms with van der Waals surface area (Å²) in [5.74, 6) is -0.898. The summed E-state index contributed by atoms with van der Waals surface area (Å²) in [6.45, 7) is 2.75. The molecule has 0 N–H and O–H groups in total. The summed E-state index contributed by atoms with van der Waals surface area (Å²) in [6, 6.07) is 12.9. The summed E-state index contributed by atoms with van der Waals surface area (Å²) in [4.78, 5) is 14.3. The van der Waals surface area contributed by atoms with E-state index in [1.54, 1.807) is 47.4 Å². The van der Waals surface area contributed by atoms with E-state index >= 15 is 0 Å². The van der Waals surface area contributed by atoms with Gasteiger partial charge in [-0.05, 0) is 25.1 Å². The zero-order valence-electron chi connectivity index (χ0n) is 15.1. The van der Waals surface area contributed by atoms with Crippen molar-refractivity contribution in [3.63, 3.8) is 0 Å². The molecule has 2 aromatic rings. The number of hydrogen-bond acceptors (Lipinski definition) is 4. The van der Waals surface area contributed by atoms with Gasteiger partial charge in [0.25, 0.3) is 0 Å². The lowest BCUT2D eigenvalue weighted by molar-refractivity contribution is -0.138. The Balaban J connectivity index is 1.62. The second kappa shape index (κ2) is 8.19. The smallest absolute Gasteiger partial charge is 0.223 e. The molecule has 1 amide bonds. The summed E-state index contributed by atoms with van der Waals surface area (Å²) in [5, 5.41) is 0. The number of sulfone groups is 1. The van der Waals surface area contributed by atoms with E-state index in [9.17, 15) is 17.6 Å². The molecule has 3 rings (SSSR count). The highest BCUT2D eigenvalue weighted by Crippen LogP contribution is 2.25. The monoisotopic (exact) mass is 391 g/mol. The van der Waals surface area contributed by atoms with Gasteiger partial charge >= 0.3 is 0 Å². The summed E-state index contributed by atoms with van der Waals surface area (Å²) in [5.41, 5.74) is 1.37. The first-order valence-corrected chi connectivity index (χ1v) is 10.5. The summed E-state index contributed by atoms with van der Waals surface area (Å²) < 4.78 is 44.4. The summed E-state index contributed by atoms with van der Waals surface area (Å²) >= 11 is 0. The van der Waals surface area contributed by atoms with Gasteiger partial charge in [0.2, 0.25) is 5.91 Å². The van der Waals surface area contributed by atoms with E-state index in [0.717, 1.165) is 5.56 Å².